The Labute approximate surface area is 148 Å². The second-order valence-electron chi connectivity index (χ2n) is 5.12. The van der Waals surface area contributed by atoms with Gasteiger partial charge in [-0.2, -0.15) is 0 Å². The molecule has 0 saturated carbocycles. The number of hydrogen-bond donors (Lipinski definition) is 2. The third-order valence-corrected chi connectivity index (χ3v) is 5.40. The van der Waals surface area contributed by atoms with Crippen LogP contribution in [0.4, 0.5) is 5.69 Å². The van der Waals surface area contributed by atoms with Crippen LogP contribution in [0.2, 0.25) is 0 Å². The molecule has 5 nitrogen and oxygen atoms in total. The van der Waals surface area contributed by atoms with E-state index in [1.165, 1.54) is 19.2 Å². The molecule has 24 heavy (non-hydrogen) atoms. The second-order valence-corrected chi connectivity index (χ2v) is 7.68. The van der Waals surface area contributed by atoms with Gasteiger partial charge in [0.25, 0.3) is 10.0 Å². The number of fused-ring (bicyclic) bond motifs is 1. The highest BCUT2D eigenvalue weighted by Crippen LogP contribution is 2.33. The Morgan fingerprint density at radius 1 is 1.04 bits per heavy atom. The molecule has 0 amide bonds. The van der Waals surface area contributed by atoms with Crippen molar-refractivity contribution in [2.75, 3.05) is 11.8 Å². The number of rotatable bonds is 4. The molecule has 0 aliphatic heterocycles. The summed E-state index contributed by atoms with van der Waals surface area (Å²) < 4.78 is 33.5. The lowest BCUT2D eigenvalue weighted by Crippen LogP contribution is -2.14. The number of benzene rings is 3. The van der Waals surface area contributed by atoms with E-state index in [2.05, 4.69) is 20.7 Å². The van der Waals surface area contributed by atoms with E-state index in [0.717, 1.165) is 10.8 Å². The summed E-state index contributed by atoms with van der Waals surface area (Å²) in [6.07, 6.45) is 0. The lowest BCUT2D eigenvalue weighted by Gasteiger charge is -2.13. The van der Waals surface area contributed by atoms with E-state index in [0.29, 0.717) is 4.47 Å². The van der Waals surface area contributed by atoms with Gasteiger partial charge in [0.15, 0.2) is 0 Å². The third kappa shape index (κ3) is 3.18. The molecule has 0 fully saturated rings. The molecule has 0 atom stereocenters. The monoisotopic (exact) mass is 407 g/mol. The van der Waals surface area contributed by atoms with E-state index in [9.17, 15) is 13.5 Å². The molecule has 0 spiro atoms. The second kappa shape index (κ2) is 6.33. The van der Waals surface area contributed by atoms with Gasteiger partial charge >= 0.3 is 0 Å². The quantitative estimate of drug-likeness (QED) is 0.637. The first-order valence-electron chi connectivity index (χ1n) is 6.99. The van der Waals surface area contributed by atoms with E-state index in [1.54, 1.807) is 18.2 Å². The van der Waals surface area contributed by atoms with Crippen LogP contribution in [-0.2, 0) is 10.0 Å². The van der Waals surface area contributed by atoms with E-state index in [-0.39, 0.29) is 22.1 Å². The molecule has 0 unspecified atom stereocenters. The minimum atomic E-state index is -3.93. The van der Waals surface area contributed by atoms with Gasteiger partial charge < -0.3 is 9.84 Å². The highest BCUT2D eigenvalue weighted by molar-refractivity contribution is 9.10. The predicted molar refractivity (Wildman–Crippen MR) is 97.1 cm³/mol. The maximum Gasteiger partial charge on any atom is 0.265 e. The van der Waals surface area contributed by atoms with Crippen molar-refractivity contribution >= 4 is 42.4 Å². The summed E-state index contributed by atoms with van der Waals surface area (Å²) in [7, 11) is -2.54. The summed E-state index contributed by atoms with van der Waals surface area (Å²) >= 11 is 3.25. The Bertz CT molecular complexity index is 1020. The molecule has 3 rings (SSSR count). The SMILES string of the molecule is COc1ccc(Br)cc1S(=O)(=O)Nc1cc2ccccc2cc1O. The van der Waals surface area contributed by atoms with Crippen molar-refractivity contribution in [3.05, 3.63) is 59.1 Å². The molecular weight excluding hydrogens is 394 g/mol. The molecule has 0 bridgehead atoms. The zero-order valence-corrected chi connectivity index (χ0v) is 15.1. The van der Waals surface area contributed by atoms with Crippen molar-refractivity contribution in [1.29, 1.82) is 0 Å². The van der Waals surface area contributed by atoms with Gasteiger partial charge in [-0.05, 0) is 41.1 Å². The summed E-state index contributed by atoms with van der Waals surface area (Å²) in [4.78, 5) is -0.0214. The first-order valence-corrected chi connectivity index (χ1v) is 9.26. The lowest BCUT2D eigenvalue weighted by molar-refractivity contribution is 0.402. The first-order chi connectivity index (χ1) is 11.4. The summed E-state index contributed by atoms with van der Waals surface area (Å²) in [6.45, 7) is 0. The van der Waals surface area contributed by atoms with Gasteiger partial charge in [0.2, 0.25) is 0 Å². The Balaban J connectivity index is 2.07. The van der Waals surface area contributed by atoms with Gasteiger partial charge in [-0.25, -0.2) is 8.42 Å². The van der Waals surface area contributed by atoms with Crippen LogP contribution >= 0.6 is 15.9 Å². The minimum absolute atomic E-state index is 0.0214. The number of halogens is 1. The molecule has 0 aliphatic carbocycles. The molecule has 3 aromatic rings. The molecular formula is C17H14BrNO4S. The van der Waals surface area contributed by atoms with Crippen molar-refractivity contribution in [3.8, 4) is 11.5 Å². The average molecular weight is 408 g/mol. The topological polar surface area (TPSA) is 75.6 Å². The van der Waals surface area contributed by atoms with E-state index in [1.807, 2.05) is 24.3 Å². The van der Waals surface area contributed by atoms with Gasteiger partial charge in [-0.15, -0.1) is 0 Å². The van der Waals surface area contributed by atoms with Crippen LogP contribution in [0.1, 0.15) is 0 Å². The van der Waals surface area contributed by atoms with Gasteiger partial charge in [0.05, 0.1) is 12.8 Å². The number of methoxy groups -OCH3 is 1. The van der Waals surface area contributed by atoms with Crippen molar-refractivity contribution in [1.82, 2.24) is 0 Å². The summed E-state index contributed by atoms with van der Waals surface area (Å²) in [5.41, 5.74) is 0.107. The molecule has 0 aliphatic rings. The van der Waals surface area contributed by atoms with E-state index >= 15 is 0 Å². The number of phenols is 1. The van der Waals surface area contributed by atoms with Gasteiger partial charge in [0.1, 0.15) is 16.4 Å². The largest absolute Gasteiger partial charge is 0.506 e. The molecule has 0 aromatic heterocycles. The number of ether oxygens (including phenoxy) is 1. The van der Waals surface area contributed by atoms with E-state index in [4.69, 9.17) is 4.74 Å². The molecule has 3 aromatic carbocycles. The summed E-state index contributed by atoms with van der Waals surface area (Å²) in [6, 6.07) is 15.2. The van der Waals surface area contributed by atoms with Crippen LogP contribution in [0.25, 0.3) is 10.8 Å². The number of sulfonamides is 1. The van der Waals surface area contributed by atoms with Crippen LogP contribution in [-0.4, -0.2) is 20.6 Å². The van der Waals surface area contributed by atoms with Crippen molar-refractivity contribution in [2.24, 2.45) is 0 Å². The highest BCUT2D eigenvalue weighted by atomic mass is 79.9. The first kappa shape index (κ1) is 16.6. The van der Waals surface area contributed by atoms with Crippen molar-refractivity contribution in [3.63, 3.8) is 0 Å². The predicted octanol–water partition coefficient (Wildman–Crippen LogP) is 4.12. The van der Waals surface area contributed by atoms with Gasteiger partial charge in [-0.3, -0.25) is 4.72 Å². The number of aromatic hydroxyl groups is 1. The van der Waals surface area contributed by atoms with Crippen LogP contribution < -0.4 is 9.46 Å². The lowest BCUT2D eigenvalue weighted by atomic mass is 10.1. The number of anilines is 1. The Morgan fingerprint density at radius 2 is 1.71 bits per heavy atom. The number of phenolic OH excluding ortho intramolecular Hbond substituents is 1. The Hall–Kier alpha value is -2.25. The third-order valence-electron chi connectivity index (χ3n) is 3.52. The fraction of sp³-hybridized carbons (Fsp3) is 0.0588. The summed E-state index contributed by atoms with van der Waals surface area (Å²) in [5, 5.41) is 11.8. The fourth-order valence-electron chi connectivity index (χ4n) is 2.37. The number of hydrogen-bond acceptors (Lipinski definition) is 4. The van der Waals surface area contributed by atoms with Crippen LogP contribution in [0.15, 0.2) is 64.0 Å². The van der Waals surface area contributed by atoms with Crippen molar-refractivity contribution < 1.29 is 18.3 Å². The van der Waals surface area contributed by atoms with Crippen molar-refractivity contribution in [2.45, 2.75) is 4.90 Å². The van der Waals surface area contributed by atoms with E-state index < -0.39 is 10.0 Å². The van der Waals surface area contributed by atoms with Crippen LogP contribution in [0, 0.1) is 0 Å². The molecule has 2 N–H and O–H groups in total. The fourth-order valence-corrected chi connectivity index (χ4v) is 4.14. The summed E-state index contributed by atoms with van der Waals surface area (Å²) in [5.74, 6) is 0.0669. The van der Waals surface area contributed by atoms with Crippen LogP contribution in [0.3, 0.4) is 0 Å². The minimum Gasteiger partial charge on any atom is -0.506 e. The Kier molecular flexibility index (Phi) is 4.38. The maximum absolute atomic E-state index is 12.7. The number of nitrogens with one attached hydrogen (secondary N) is 1. The maximum atomic E-state index is 12.7. The van der Waals surface area contributed by atoms with Crippen LogP contribution in [0.5, 0.6) is 11.5 Å². The molecule has 0 saturated heterocycles. The smallest absolute Gasteiger partial charge is 0.265 e. The van der Waals surface area contributed by atoms with Gasteiger partial charge in [0, 0.05) is 4.47 Å². The molecule has 0 heterocycles. The Morgan fingerprint density at radius 3 is 2.38 bits per heavy atom. The zero-order valence-electron chi connectivity index (χ0n) is 12.7. The zero-order chi connectivity index (χ0) is 17.3. The molecule has 124 valence electrons. The molecule has 7 heteroatoms. The highest BCUT2D eigenvalue weighted by Gasteiger charge is 2.21. The average Bonchev–Trinajstić information content (AvgIpc) is 2.55. The molecule has 0 radical (unpaired) electrons. The van der Waals surface area contributed by atoms with Gasteiger partial charge in [-0.1, -0.05) is 40.2 Å². The normalized spacial score (nSPS) is 11.4. The standard InChI is InChI=1S/C17H14BrNO4S/c1-23-16-7-6-13(18)10-17(16)24(21,22)19-14-8-11-4-2-3-5-12(11)9-15(14)20/h2-10,19-20H,1H3.